The summed E-state index contributed by atoms with van der Waals surface area (Å²) in [6, 6.07) is 7.04. The minimum Gasteiger partial charge on any atom is -0.310 e. The predicted octanol–water partition coefficient (Wildman–Crippen LogP) is 5.26. The fourth-order valence-corrected chi connectivity index (χ4v) is 3.37. The normalized spacial score (nSPS) is 13.0. The molecule has 0 spiro atoms. The van der Waals surface area contributed by atoms with E-state index in [4.69, 9.17) is 0 Å². The lowest BCUT2D eigenvalue weighted by Gasteiger charge is -2.18. The summed E-state index contributed by atoms with van der Waals surface area (Å²) in [7, 11) is 0. The highest BCUT2D eigenvalue weighted by molar-refractivity contribution is 9.10. The van der Waals surface area contributed by atoms with Gasteiger partial charge in [-0.1, -0.05) is 42.8 Å². The standard InChI is InChI=1S/C15H24BrNS/c1-5-8-17-12(4)14-7-6-13(16)9-15(14)18-10-11(2)3/h6-7,9,11-12,17H,5,8,10H2,1-4H3. The molecule has 1 rings (SSSR count). The van der Waals surface area contributed by atoms with Crippen molar-refractivity contribution in [2.24, 2.45) is 5.92 Å². The number of nitrogens with one attached hydrogen (secondary N) is 1. The second-order valence-corrected chi connectivity index (χ2v) is 7.04. The third kappa shape index (κ3) is 5.33. The molecule has 0 radical (unpaired) electrons. The Labute approximate surface area is 124 Å². The van der Waals surface area contributed by atoms with E-state index in [2.05, 4.69) is 67.1 Å². The van der Waals surface area contributed by atoms with E-state index in [1.807, 2.05) is 11.8 Å². The number of hydrogen-bond acceptors (Lipinski definition) is 2. The molecular weight excluding hydrogens is 306 g/mol. The van der Waals surface area contributed by atoms with Crippen LogP contribution < -0.4 is 5.32 Å². The van der Waals surface area contributed by atoms with Crippen molar-refractivity contribution < 1.29 is 0 Å². The zero-order valence-corrected chi connectivity index (χ0v) is 14.2. The Morgan fingerprint density at radius 2 is 2.00 bits per heavy atom. The molecule has 0 aliphatic carbocycles. The van der Waals surface area contributed by atoms with E-state index in [0.717, 1.165) is 12.5 Å². The van der Waals surface area contributed by atoms with Crippen LogP contribution in [0.1, 0.15) is 45.7 Å². The maximum Gasteiger partial charge on any atom is 0.0302 e. The van der Waals surface area contributed by atoms with E-state index in [-0.39, 0.29) is 0 Å². The molecule has 0 aliphatic heterocycles. The highest BCUT2D eigenvalue weighted by Crippen LogP contribution is 2.31. The van der Waals surface area contributed by atoms with Gasteiger partial charge in [0, 0.05) is 21.2 Å². The van der Waals surface area contributed by atoms with Gasteiger partial charge in [-0.25, -0.2) is 0 Å². The molecule has 1 unspecified atom stereocenters. The summed E-state index contributed by atoms with van der Waals surface area (Å²) in [5.74, 6) is 1.89. The van der Waals surface area contributed by atoms with Crippen LogP contribution in [0.4, 0.5) is 0 Å². The van der Waals surface area contributed by atoms with Crippen LogP contribution in [0.15, 0.2) is 27.6 Å². The third-order valence-electron chi connectivity index (χ3n) is 2.71. The zero-order chi connectivity index (χ0) is 13.5. The molecule has 0 fully saturated rings. The Kier molecular flexibility index (Phi) is 7.35. The van der Waals surface area contributed by atoms with E-state index in [1.165, 1.54) is 27.1 Å². The number of halogens is 1. The minimum absolute atomic E-state index is 0.424. The Bertz CT molecular complexity index is 366. The molecule has 1 N–H and O–H groups in total. The van der Waals surface area contributed by atoms with Crippen molar-refractivity contribution in [1.29, 1.82) is 0 Å². The first kappa shape index (κ1) is 16.1. The van der Waals surface area contributed by atoms with Gasteiger partial charge in [0.05, 0.1) is 0 Å². The predicted molar refractivity (Wildman–Crippen MR) is 86.4 cm³/mol. The van der Waals surface area contributed by atoms with E-state index in [1.54, 1.807) is 0 Å². The lowest BCUT2D eigenvalue weighted by molar-refractivity contribution is 0.563. The molecule has 1 atom stereocenters. The van der Waals surface area contributed by atoms with Crippen LogP contribution in [0.5, 0.6) is 0 Å². The lowest BCUT2D eigenvalue weighted by Crippen LogP contribution is -2.19. The fraction of sp³-hybridized carbons (Fsp3) is 0.600. The van der Waals surface area contributed by atoms with Gasteiger partial charge in [-0.15, -0.1) is 11.8 Å². The van der Waals surface area contributed by atoms with E-state index in [0.29, 0.717) is 6.04 Å². The van der Waals surface area contributed by atoms with Gasteiger partial charge < -0.3 is 5.32 Å². The van der Waals surface area contributed by atoms with E-state index >= 15 is 0 Å². The fourth-order valence-electron chi connectivity index (χ4n) is 1.72. The van der Waals surface area contributed by atoms with Crippen LogP contribution in [0.3, 0.4) is 0 Å². The molecule has 0 bridgehead atoms. The van der Waals surface area contributed by atoms with Crippen LogP contribution in [0, 0.1) is 5.92 Å². The highest BCUT2D eigenvalue weighted by atomic mass is 79.9. The Morgan fingerprint density at radius 1 is 1.28 bits per heavy atom. The minimum atomic E-state index is 0.424. The van der Waals surface area contributed by atoms with Gasteiger partial charge in [-0.05, 0) is 43.5 Å². The summed E-state index contributed by atoms with van der Waals surface area (Å²) >= 11 is 5.53. The largest absolute Gasteiger partial charge is 0.310 e. The first-order valence-electron chi connectivity index (χ1n) is 6.70. The van der Waals surface area contributed by atoms with Crippen LogP contribution in [-0.4, -0.2) is 12.3 Å². The first-order valence-corrected chi connectivity index (χ1v) is 8.48. The average Bonchev–Trinajstić information content (AvgIpc) is 2.33. The van der Waals surface area contributed by atoms with Crippen LogP contribution >= 0.6 is 27.7 Å². The van der Waals surface area contributed by atoms with E-state index in [9.17, 15) is 0 Å². The zero-order valence-electron chi connectivity index (χ0n) is 11.8. The van der Waals surface area contributed by atoms with Crippen molar-refractivity contribution >= 4 is 27.7 Å². The molecule has 3 heteroatoms. The van der Waals surface area contributed by atoms with Crippen molar-refractivity contribution in [2.45, 2.75) is 45.1 Å². The Morgan fingerprint density at radius 3 is 2.61 bits per heavy atom. The number of rotatable bonds is 7. The Hall–Kier alpha value is 0.01000. The van der Waals surface area contributed by atoms with Gasteiger partial charge in [0.1, 0.15) is 0 Å². The van der Waals surface area contributed by atoms with Gasteiger partial charge in [0.15, 0.2) is 0 Å². The van der Waals surface area contributed by atoms with Crippen molar-refractivity contribution in [2.75, 3.05) is 12.3 Å². The quantitative estimate of drug-likeness (QED) is 0.685. The average molecular weight is 330 g/mol. The van der Waals surface area contributed by atoms with Crippen molar-refractivity contribution in [3.8, 4) is 0 Å². The highest BCUT2D eigenvalue weighted by Gasteiger charge is 2.11. The van der Waals surface area contributed by atoms with E-state index < -0.39 is 0 Å². The van der Waals surface area contributed by atoms with Crippen LogP contribution in [0.2, 0.25) is 0 Å². The van der Waals surface area contributed by atoms with Gasteiger partial charge >= 0.3 is 0 Å². The number of thioether (sulfide) groups is 1. The molecule has 0 aromatic heterocycles. The topological polar surface area (TPSA) is 12.0 Å². The van der Waals surface area contributed by atoms with Gasteiger partial charge in [0.25, 0.3) is 0 Å². The summed E-state index contributed by atoms with van der Waals surface area (Å²) in [6.07, 6.45) is 1.18. The summed E-state index contributed by atoms with van der Waals surface area (Å²) in [6.45, 7) is 10.1. The molecule has 1 aromatic carbocycles. The molecule has 1 aromatic rings. The first-order chi connectivity index (χ1) is 8.54. The maximum atomic E-state index is 3.57. The van der Waals surface area contributed by atoms with Crippen LogP contribution in [0.25, 0.3) is 0 Å². The second-order valence-electron chi connectivity index (χ2n) is 5.06. The maximum absolute atomic E-state index is 3.57. The third-order valence-corrected chi connectivity index (χ3v) is 4.71. The SMILES string of the molecule is CCCNC(C)c1ccc(Br)cc1SCC(C)C. The summed E-state index contributed by atoms with van der Waals surface area (Å²) < 4.78 is 1.17. The van der Waals surface area contributed by atoms with Crippen LogP contribution in [-0.2, 0) is 0 Å². The van der Waals surface area contributed by atoms with Gasteiger partial charge in [-0.2, -0.15) is 0 Å². The van der Waals surface area contributed by atoms with Crippen molar-refractivity contribution in [3.63, 3.8) is 0 Å². The van der Waals surface area contributed by atoms with Crippen molar-refractivity contribution in [1.82, 2.24) is 5.32 Å². The molecule has 0 saturated heterocycles. The number of hydrogen-bond donors (Lipinski definition) is 1. The molecule has 18 heavy (non-hydrogen) atoms. The lowest BCUT2D eigenvalue weighted by atomic mass is 10.1. The molecule has 102 valence electrons. The smallest absolute Gasteiger partial charge is 0.0302 e. The molecule has 0 heterocycles. The second kappa shape index (κ2) is 8.23. The molecule has 0 aliphatic rings. The van der Waals surface area contributed by atoms with Gasteiger partial charge in [0.2, 0.25) is 0 Å². The van der Waals surface area contributed by atoms with Crippen molar-refractivity contribution in [3.05, 3.63) is 28.2 Å². The van der Waals surface area contributed by atoms with Gasteiger partial charge in [-0.3, -0.25) is 0 Å². The Balaban J connectivity index is 2.81. The summed E-state index contributed by atoms with van der Waals surface area (Å²) in [5.41, 5.74) is 1.41. The summed E-state index contributed by atoms with van der Waals surface area (Å²) in [4.78, 5) is 1.40. The monoisotopic (exact) mass is 329 g/mol. The number of benzene rings is 1. The molecule has 0 saturated carbocycles. The summed E-state index contributed by atoms with van der Waals surface area (Å²) in [5, 5.41) is 3.57. The molecule has 0 amide bonds. The molecule has 1 nitrogen and oxygen atoms in total. The molecular formula is C15H24BrNS.